The molecule has 0 spiro atoms. The van der Waals surface area contributed by atoms with Crippen LogP contribution in [-0.2, 0) is 0 Å². The molecule has 1 aliphatic carbocycles. The normalized spacial score (nSPS) is 26.7. The van der Waals surface area contributed by atoms with E-state index in [1.54, 1.807) is 10.6 Å². The Hall–Kier alpha value is -1.79. The van der Waals surface area contributed by atoms with Crippen molar-refractivity contribution in [2.24, 2.45) is 5.92 Å². The van der Waals surface area contributed by atoms with Crippen LogP contribution in [0.25, 0.3) is 5.65 Å². The number of hydrogen-bond donors (Lipinski definition) is 1. The second-order valence-corrected chi connectivity index (χ2v) is 5.25. The van der Waals surface area contributed by atoms with E-state index < -0.39 is 5.92 Å². The van der Waals surface area contributed by atoms with E-state index in [0.717, 1.165) is 0 Å². The van der Waals surface area contributed by atoms with Crippen molar-refractivity contribution in [3.05, 3.63) is 18.2 Å². The molecular formula is C12H15F2N5. The lowest BCUT2D eigenvalue weighted by molar-refractivity contribution is -0.0537. The van der Waals surface area contributed by atoms with E-state index in [1.807, 2.05) is 6.92 Å². The van der Waals surface area contributed by atoms with Crippen LogP contribution in [0, 0.1) is 5.92 Å². The van der Waals surface area contributed by atoms with E-state index in [4.69, 9.17) is 5.73 Å². The van der Waals surface area contributed by atoms with E-state index in [-0.39, 0.29) is 30.5 Å². The fraction of sp³-hybridized carbons (Fsp3) is 0.583. The first-order valence-electron chi connectivity index (χ1n) is 6.31. The molecule has 2 aromatic rings. The molecule has 3 rings (SSSR count). The molecule has 0 aliphatic heterocycles. The van der Waals surface area contributed by atoms with Gasteiger partial charge >= 0.3 is 0 Å². The molecule has 0 unspecified atom stereocenters. The summed E-state index contributed by atoms with van der Waals surface area (Å²) in [6.45, 7) is 1.98. The third-order valence-electron chi connectivity index (χ3n) is 3.88. The molecule has 0 amide bonds. The van der Waals surface area contributed by atoms with Gasteiger partial charge in [-0.15, -0.1) is 10.2 Å². The van der Waals surface area contributed by atoms with Crippen LogP contribution in [0.4, 0.5) is 14.6 Å². The van der Waals surface area contributed by atoms with Crippen LogP contribution in [-0.4, -0.2) is 25.5 Å². The summed E-state index contributed by atoms with van der Waals surface area (Å²) >= 11 is 0. The molecule has 102 valence electrons. The molecular weight excluding hydrogens is 252 g/mol. The summed E-state index contributed by atoms with van der Waals surface area (Å²) in [5, 5.41) is 8.01. The Balaban J connectivity index is 2.06. The molecule has 0 saturated heterocycles. The average Bonchev–Trinajstić information content (AvgIpc) is 2.78. The first-order chi connectivity index (χ1) is 8.98. The number of fused-ring (bicyclic) bond motifs is 1. The predicted molar refractivity (Wildman–Crippen MR) is 65.9 cm³/mol. The molecule has 0 bridgehead atoms. The largest absolute Gasteiger partial charge is 0.381 e. The van der Waals surface area contributed by atoms with Crippen molar-refractivity contribution in [3.63, 3.8) is 0 Å². The van der Waals surface area contributed by atoms with Gasteiger partial charge in [0.1, 0.15) is 5.82 Å². The molecule has 2 N–H and O–H groups in total. The standard InChI is InChI=1S/C12H15F2N5/c1-7-2-3-12(13,14)6-8(7)10-17-18-11-9(15)16-4-5-19(10)11/h4-5,7-8H,2-3,6H2,1H3,(H2,15,16)/t7-,8+/m1/s1. The Labute approximate surface area is 108 Å². The van der Waals surface area contributed by atoms with E-state index >= 15 is 0 Å². The number of anilines is 1. The number of hydrogen-bond acceptors (Lipinski definition) is 4. The number of alkyl halides is 2. The number of nitrogen functional groups attached to an aromatic ring is 1. The van der Waals surface area contributed by atoms with Gasteiger partial charge < -0.3 is 5.73 Å². The zero-order valence-electron chi connectivity index (χ0n) is 10.6. The topological polar surface area (TPSA) is 69.1 Å². The maximum Gasteiger partial charge on any atom is 0.248 e. The molecule has 7 heteroatoms. The van der Waals surface area contributed by atoms with Crippen molar-refractivity contribution in [2.45, 2.75) is 38.0 Å². The van der Waals surface area contributed by atoms with Gasteiger partial charge in [-0.25, -0.2) is 13.8 Å². The average molecular weight is 267 g/mol. The minimum atomic E-state index is -2.62. The number of halogens is 2. The SMILES string of the molecule is C[C@@H]1CCC(F)(F)C[C@@H]1c1nnc2c(N)nccn12. The van der Waals surface area contributed by atoms with Crippen molar-refractivity contribution >= 4 is 11.5 Å². The summed E-state index contributed by atoms with van der Waals surface area (Å²) < 4.78 is 28.9. The summed E-state index contributed by atoms with van der Waals surface area (Å²) in [5.41, 5.74) is 6.13. The fourth-order valence-electron chi connectivity index (χ4n) is 2.73. The van der Waals surface area contributed by atoms with Gasteiger partial charge in [-0.05, 0) is 12.3 Å². The van der Waals surface area contributed by atoms with Crippen LogP contribution in [0.2, 0.25) is 0 Å². The van der Waals surface area contributed by atoms with E-state index in [0.29, 0.717) is 17.9 Å². The highest BCUT2D eigenvalue weighted by molar-refractivity contribution is 5.58. The van der Waals surface area contributed by atoms with Crippen molar-refractivity contribution in [3.8, 4) is 0 Å². The van der Waals surface area contributed by atoms with Crippen molar-refractivity contribution in [1.82, 2.24) is 19.6 Å². The zero-order chi connectivity index (χ0) is 13.6. The van der Waals surface area contributed by atoms with Crippen LogP contribution >= 0.6 is 0 Å². The van der Waals surface area contributed by atoms with Gasteiger partial charge in [0, 0.05) is 31.2 Å². The van der Waals surface area contributed by atoms with Gasteiger partial charge in [0.25, 0.3) is 0 Å². The fourth-order valence-corrected chi connectivity index (χ4v) is 2.73. The molecule has 1 aliphatic rings. The Morgan fingerprint density at radius 3 is 3.00 bits per heavy atom. The summed E-state index contributed by atoms with van der Waals surface area (Å²) in [6.07, 6.45) is 3.46. The molecule has 5 nitrogen and oxygen atoms in total. The van der Waals surface area contributed by atoms with Crippen molar-refractivity contribution < 1.29 is 8.78 Å². The number of nitrogens with two attached hydrogens (primary N) is 1. The minimum absolute atomic E-state index is 0.0505. The highest BCUT2D eigenvalue weighted by Gasteiger charge is 2.42. The lowest BCUT2D eigenvalue weighted by Crippen LogP contribution is -2.31. The van der Waals surface area contributed by atoms with Gasteiger partial charge in [-0.1, -0.05) is 6.92 Å². The molecule has 0 radical (unpaired) electrons. The minimum Gasteiger partial charge on any atom is -0.381 e. The summed E-state index contributed by atoms with van der Waals surface area (Å²) in [4.78, 5) is 3.92. The zero-order valence-corrected chi connectivity index (χ0v) is 10.6. The van der Waals surface area contributed by atoms with Crippen LogP contribution in [0.5, 0.6) is 0 Å². The molecule has 1 saturated carbocycles. The Bertz CT molecular complexity index is 609. The van der Waals surface area contributed by atoms with Gasteiger partial charge in [-0.2, -0.15) is 0 Å². The smallest absolute Gasteiger partial charge is 0.248 e. The lowest BCUT2D eigenvalue weighted by Gasteiger charge is -2.32. The first-order valence-corrected chi connectivity index (χ1v) is 6.31. The monoisotopic (exact) mass is 267 g/mol. The highest BCUT2D eigenvalue weighted by atomic mass is 19.3. The highest BCUT2D eigenvalue weighted by Crippen LogP contribution is 2.44. The molecule has 2 heterocycles. The van der Waals surface area contributed by atoms with Crippen molar-refractivity contribution in [2.75, 3.05) is 5.73 Å². The quantitative estimate of drug-likeness (QED) is 0.860. The van der Waals surface area contributed by atoms with Crippen LogP contribution in [0.15, 0.2) is 12.4 Å². The molecule has 0 aromatic carbocycles. The Morgan fingerprint density at radius 2 is 2.21 bits per heavy atom. The van der Waals surface area contributed by atoms with Gasteiger partial charge in [0.05, 0.1) is 0 Å². The maximum atomic E-state index is 13.6. The second kappa shape index (κ2) is 4.11. The summed E-state index contributed by atoms with van der Waals surface area (Å²) in [7, 11) is 0. The third-order valence-corrected chi connectivity index (χ3v) is 3.88. The maximum absolute atomic E-state index is 13.6. The predicted octanol–water partition coefficient (Wildman–Crippen LogP) is 2.25. The van der Waals surface area contributed by atoms with Crippen LogP contribution in [0.1, 0.15) is 37.9 Å². The van der Waals surface area contributed by atoms with E-state index in [1.165, 1.54) is 6.20 Å². The van der Waals surface area contributed by atoms with E-state index in [9.17, 15) is 8.78 Å². The summed E-state index contributed by atoms with van der Waals surface area (Å²) in [6, 6.07) is 0. The molecule has 2 aromatic heterocycles. The summed E-state index contributed by atoms with van der Waals surface area (Å²) in [5.74, 6) is -1.96. The first kappa shape index (κ1) is 12.3. The lowest BCUT2D eigenvalue weighted by atomic mass is 9.78. The van der Waals surface area contributed by atoms with Crippen LogP contribution in [0.3, 0.4) is 0 Å². The van der Waals surface area contributed by atoms with Gasteiger partial charge in [-0.3, -0.25) is 4.40 Å². The Morgan fingerprint density at radius 1 is 1.42 bits per heavy atom. The van der Waals surface area contributed by atoms with Gasteiger partial charge in [0.2, 0.25) is 11.6 Å². The molecule has 2 atom stereocenters. The second-order valence-electron chi connectivity index (χ2n) is 5.25. The van der Waals surface area contributed by atoms with E-state index in [2.05, 4.69) is 15.2 Å². The number of nitrogens with zero attached hydrogens (tertiary/aromatic N) is 4. The number of aromatic nitrogens is 4. The third kappa shape index (κ3) is 2.02. The van der Waals surface area contributed by atoms with Crippen molar-refractivity contribution in [1.29, 1.82) is 0 Å². The van der Waals surface area contributed by atoms with Gasteiger partial charge in [0.15, 0.2) is 5.82 Å². The molecule has 19 heavy (non-hydrogen) atoms. The number of rotatable bonds is 1. The van der Waals surface area contributed by atoms with Crippen LogP contribution < -0.4 is 5.73 Å². The Kier molecular flexibility index (Phi) is 2.65. The molecule has 1 fully saturated rings.